The van der Waals surface area contributed by atoms with Gasteiger partial charge in [0, 0.05) is 0 Å². The van der Waals surface area contributed by atoms with Crippen molar-refractivity contribution in [2.75, 3.05) is 12.1 Å². The molecule has 2 aromatic carbocycles. The van der Waals surface area contributed by atoms with Gasteiger partial charge in [0.25, 0.3) is 5.91 Å². The molecular weight excluding hydrogens is 399 g/mol. The summed E-state index contributed by atoms with van der Waals surface area (Å²) in [5, 5.41) is 16.2. The van der Waals surface area contributed by atoms with Gasteiger partial charge in [0.2, 0.25) is 0 Å². The zero-order valence-electron chi connectivity index (χ0n) is 13.8. The molecule has 8 heteroatoms. The Morgan fingerprint density at radius 2 is 1.85 bits per heavy atom. The number of nitrogens with zero attached hydrogens (tertiary/aromatic N) is 2. The van der Waals surface area contributed by atoms with E-state index in [-0.39, 0.29) is 22.4 Å². The lowest BCUT2D eigenvalue weighted by molar-refractivity contribution is -0.114. The number of rotatable bonds is 3. The summed E-state index contributed by atoms with van der Waals surface area (Å²) in [4.78, 5) is 12.8. The van der Waals surface area contributed by atoms with Crippen LogP contribution < -0.4 is 9.75 Å². The summed E-state index contributed by atoms with van der Waals surface area (Å²) < 4.78 is 5.08. The Morgan fingerprint density at radius 3 is 2.50 bits per heavy atom. The minimum absolute atomic E-state index is 0.123. The zero-order chi connectivity index (χ0) is 19.0. The molecular formula is C18H13Cl3N2O3. The van der Waals surface area contributed by atoms with Crippen LogP contribution in [-0.4, -0.2) is 23.8 Å². The molecule has 1 heterocycles. The molecule has 3 rings (SSSR count). The highest BCUT2D eigenvalue weighted by molar-refractivity contribution is 6.42. The average Bonchev–Trinajstić information content (AvgIpc) is 2.88. The maximum absolute atomic E-state index is 12.8. The minimum atomic E-state index is -0.316. The molecule has 0 saturated carbocycles. The number of carbonyl (C=O) groups is 1. The van der Waals surface area contributed by atoms with Crippen molar-refractivity contribution in [3.8, 4) is 11.5 Å². The molecule has 0 unspecified atom stereocenters. The van der Waals surface area contributed by atoms with E-state index in [9.17, 15) is 9.90 Å². The molecule has 26 heavy (non-hydrogen) atoms. The Morgan fingerprint density at radius 1 is 1.12 bits per heavy atom. The van der Waals surface area contributed by atoms with Gasteiger partial charge < -0.3 is 9.84 Å². The molecule has 0 saturated heterocycles. The summed E-state index contributed by atoms with van der Waals surface area (Å²) in [5.74, 6) is -0.258. The van der Waals surface area contributed by atoms with Gasteiger partial charge >= 0.3 is 0 Å². The molecule has 0 spiro atoms. The predicted octanol–water partition coefficient (Wildman–Crippen LogP) is 5.17. The largest absolute Gasteiger partial charge is 0.503 e. The Kier molecular flexibility index (Phi) is 5.14. The predicted molar refractivity (Wildman–Crippen MR) is 105 cm³/mol. The van der Waals surface area contributed by atoms with Crippen LogP contribution in [-0.2, 0) is 4.79 Å². The number of halogens is 3. The van der Waals surface area contributed by atoms with Crippen LogP contribution >= 0.6 is 34.8 Å². The normalized spacial score (nSPS) is 15.6. The van der Waals surface area contributed by atoms with E-state index in [0.29, 0.717) is 32.6 Å². The maximum Gasteiger partial charge on any atom is 0.280 e. The van der Waals surface area contributed by atoms with Crippen molar-refractivity contribution in [2.45, 2.75) is 6.92 Å². The third kappa shape index (κ3) is 3.38. The summed E-state index contributed by atoms with van der Waals surface area (Å²) in [6.07, 6.45) is 1.63. The quantitative estimate of drug-likeness (QED) is 0.709. The van der Waals surface area contributed by atoms with E-state index >= 15 is 0 Å². The van der Waals surface area contributed by atoms with E-state index < -0.39 is 0 Å². The van der Waals surface area contributed by atoms with Crippen molar-refractivity contribution in [3.05, 3.63) is 56.5 Å². The molecule has 1 N–H and O–H groups in total. The van der Waals surface area contributed by atoms with Gasteiger partial charge in [0.15, 0.2) is 11.5 Å². The lowest BCUT2D eigenvalue weighted by Crippen LogP contribution is -2.21. The lowest BCUT2D eigenvalue weighted by Gasteiger charge is -2.12. The van der Waals surface area contributed by atoms with Crippen LogP contribution in [0, 0.1) is 0 Å². The second-order valence-electron chi connectivity index (χ2n) is 5.51. The lowest BCUT2D eigenvalue weighted by atomic mass is 10.1. The second-order valence-corrected chi connectivity index (χ2v) is 6.73. The van der Waals surface area contributed by atoms with E-state index in [2.05, 4.69) is 5.10 Å². The monoisotopic (exact) mass is 410 g/mol. The Balaban J connectivity index is 1.99. The number of phenols is 1. The van der Waals surface area contributed by atoms with Crippen LogP contribution in [0.4, 0.5) is 5.69 Å². The molecule has 0 bridgehead atoms. The first-order chi connectivity index (χ1) is 12.3. The summed E-state index contributed by atoms with van der Waals surface area (Å²) in [5.41, 5.74) is 2.02. The standard InChI is InChI=1S/C18H13Cl3N2O3/c1-9-12(5-10-6-15(21)17(24)16(7-10)26-2)18(25)23(22-9)11-3-4-13(19)14(20)8-11/h3-8,24H,1-2H3. The van der Waals surface area contributed by atoms with E-state index in [0.717, 1.165) is 0 Å². The summed E-state index contributed by atoms with van der Waals surface area (Å²) in [7, 11) is 1.42. The number of hydrogen-bond donors (Lipinski definition) is 1. The van der Waals surface area contributed by atoms with Crippen molar-refractivity contribution in [2.24, 2.45) is 5.10 Å². The minimum Gasteiger partial charge on any atom is -0.503 e. The van der Waals surface area contributed by atoms with Crippen molar-refractivity contribution in [3.63, 3.8) is 0 Å². The molecule has 134 valence electrons. The number of anilines is 1. The fourth-order valence-electron chi connectivity index (χ4n) is 2.48. The first-order valence-electron chi connectivity index (χ1n) is 7.45. The first kappa shape index (κ1) is 18.6. The fourth-order valence-corrected chi connectivity index (χ4v) is 2.99. The van der Waals surface area contributed by atoms with Crippen LogP contribution in [0.2, 0.25) is 15.1 Å². The number of methoxy groups -OCH3 is 1. The number of amides is 1. The van der Waals surface area contributed by atoms with Crippen molar-refractivity contribution in [1.82, 2.24) is 0 Å². The smallest absolute Gasteiger partial charge is 0.280 e. The molecule has 0 atom stereocenters. The van der Waals surface area contributed by atoms with Gasteiger partial charge in [-0.25, -0.2) is 0 Å². The number of benzene rings is 2. The third-order valence-corrected chi connectivity index (χ3v) is 4.82. The zero-order valence-corrected chi connectivity index (χ0v) is 16.0. The summed E-state index contributed by atoms with van der Waals surface area (Å²) in [6.45, 7) is 1.72. The molecule has 1 amide bonds. The van der Waals surface area contributed by atoms with E-state index in [1.807, 2.05) is 0 Å². The van der Waals surface area contributed by atoms with Crippen LogP contribution in [0.5, 0.6) is 11.5 Å². The highest BCUT2D eigenvalue weighted by atomic mass is 35.5. The van der Waals surface area contributed by atoms with Gasteiger partial charge in [-0.15, -0.1) is 0 Å². The van der Waals surface area contributed by atoms with E-state index in [1.54, 1.807) is 37.3 Å². The molecule has 1 aliphatic heterocycles. The number of aromatic hydroxyl groups is 1. The number of hydrogen-bond acceptors (Lipinski definition) is 4. The van der Waals surface area contributed by atoms with Crippen molar-refractivity contribution < 1.29 is 14.6 Å². The molecule has 0 aromatic heterocycles. The number of hydrazone groups is 1. The van der Waals surface area contributed by atoms with Gasteiger partial charge in [-0.05, 0) is 48.9 Å². The Bertz CT molecular complexity index is 970. The maximum atomic E-state index is 12.8. The second kappa shape index (κ2) is 7.19. The van der Waals surface area contributed by atoms with E-state index in [1.165, 1.54) is 18.2 Å². The first-order valence-corrected chi connectivity index (χ1v) is 8.58. The summed E-state index contributed by atoms with van der Waals surface area (Å²) >= 11 is 17.9. The van der Waals surface area contributed by atoms with Crippen LogP contribution in [0.15, 0.2) is 41.0 Å². The fraction of sp³-hybridized carbons (Fsp3) is 0.111. The third-order valence-electron chi connectivity index (χ3n) is 3.79. The SMILES string of the molecule is COc1cc(C=C2C(=O)N(c3ccc(Cl)c(Cl)c3)N=C2C)cc(Cl)c1O. The number of carbonyl (C=O) groups excluding carboxylic acids is 1. The van der Waals surface area contributed by atoms with Crippen molar-refractivity contribution >= 4 is 58.2 Å². The highest BCUT2D eigenvalue weighted by Crippen LogP contribution is 2.36. The Hall–Kier alpha value is -2.21. The summed E-state index contributed by atoms with van der Waals surface area (Å²) in [6, 6.07) is 7.95. The molecule has 5 nitrogen and oxygen atoms in total. The number of ether oxygens (including phenoxy) is 1. The van der Waals surface area contributed by atoms with Crippen LogP contribution in [0.1, 0.15) is 12.5 Å². The molecule has 0 aliphatic carbocycles. The molecule has 2 aromatic rings. The van der Waals surface area contributed by atoms with Crippen LogP contribution in [0.3, 0.4) is 0 Å². The van der Waals surface area contributed by atoms with Gasteiger partial charge in [-0.3, -0.25) is 4.79 Å². The van der Waals surface area contributed by atoms with Gasteiger partial charge in [-0.2, -0.15) is 10.1 Å². The average molecular weight is 412 g/mol. The van der Waals surface area contributed by atoms with Crippen molar-refractivity contribution in [1.29, 1.82) is 0 Å². The van der Waals surface area contributed by atoms with Gasteiger partial charge in [0.05, 0.1) is 39.1 Å². The van der Waals surface area contributed by atoms with Gasteiger partial charge in [0.1, 0.15) is 0 Å². The topological polar surface area (TPSA) is 62.1 Å². The highest BCUT2D eigenvalue weighted by Gasteiger charge is 2.29. The van der Waals surface area contributed by atoms with Gasteiger partial charge in [-0.1, -0.05) is 34.8 Å². The molecule has 1 aliphatic rings. The molecule has 0 radical (unpaired) electrons. The molecule has 0 fully saturated rings. The Labute approximate surface area is 165 Å². The number of phenolic OH excluding ortho intramolecular Hbond substituents is 1. The van der Waals surface area contributed by atoms with E-state index in [4.69, 9.17) is 39.5 Å². The van der Waals surface area contributed by atoms with Crippen LogP contribution in [0.25, 0.3) is 6.08 Å².